The topological polar surface area (TPSA) is 88.5 Å². The van der Waals surface area contributed by atoms with E-state index in [1.807, 2.05) is 47.7 Å². The SMILES string of the molecule is COc1ccc(-n2ncc(C(C)NC(=O)CN3CCNC(=O)C3)c2C)cc1. The lowest BCUT2D eigenvalue weighted by Crippen LogP contribution is -2.50. The standard InChI is InChI=1S/C19H25N5O3/c1-13(22-19(26)12-23-9-8-20-18(25)11-23)17-10-21-24(14(17)2)15-4-6-16(27-3)7-5-15/h4-7,10,13H,8-9,11-12H2,1-3H3,(H,20,25)(H,22,26). The van der Waals surface area contributed by atoms with Gasteiger partial charge in [0.15, 0.2) is 0 Å². The molecular weight excluding hydrogens is 346 g/mol. The largest absolute Gasteiger partial charge is 0.497 e. The van der Waals surface area contributed by atoms with Crippen LogP contribution in [-0.4, -0.2) is 59.8 Å². The zero-order chi connectivity index (χ0) is 19.4. The normalized spacial score (nSPS) is 15.9. The monoisotopic (exact) mass is 371 g/mol. The molecule has 3 rings (SSSR count). The number of nitrogens with one attached hydrogen (secondary N) is 2. The van der Waals surface area contributed by atoms with E-state index in [-0.39, 0.29) is 30.9 Å². The number of methoxy groups -OCH3 is 1. The number of amides is 2. The fraction of sp³-hybridized carbons (Fsp3) is 0.421. The summed E-state index contributed by atoms with van der Waals surface area (Å²) in [5.41, 5.74) is 2.85. The highest BCUT2D eigenvalue weighted by Gasteiger charge is 2.21. The third-order valence-electron chi connectivity index (χ3n) is 4.69. The lowest BCUT2D eigenvalue weighted by atomic mass is 10.1. The van der Waals surface area contributed by atoms with E-state index in [0.29, 0.717) is 13.1 Å². The molecule has 0 saturated carbocycles. The maximum Gasteiger partial charge on any atom is 0.234 e. The molecule has 1 saturated heterocycles. The highest BCUT2D eigenvalue weighted by molar-refractivity contribution is 5.82. The summed E-state index contributed by atoms with van der Waals surface area (Å²) in [7, 11) is 1.63. The van der Waals surface area contributed by atoms with Crippen molar-refractivity contribution in [3.05, 3.63) is 41.7 Å². The van der Waals surface area contributed by atoms with Gasteiger partial charge in [0, 0.05) is 24.3 Å². The summed E-state index contributed by atoms with van der Waals surface area (Å²) in [6, 6.07) is 7.47. The van der Waals surface area contributed by atoms with Crippen LogP contribution in [0.4, 0.5) is 0 Å². The third kappa shape index (κ3) is 4.46. The van der Waals surface area contributed by atoms with E-state index < -0.39 is 0 Å². The molecule has 1 atom stereocenters. The van der Waals surface area contributed by atoms with Crippen LogP contribution in [0.5, 0.6) is 5.75 Å². The molecular formula is C19H25N5O3. The highest BCUT2D eigenvalue weighted by atomic mass is 16.5. The second kappa shape index (κ2) is 8.22. The molecule has 1 aromatic carbocycles. The Morgan fingerprint density at radius 3 is 2.78 bits per heavy atom. The van der Waals surface area contributed by atoms with Crippen LogP contribution in [0.3, 0.4) is 0 Å². The fourth-order valence-electron chi connectivity index (χ4n) is 3.23. The summed E-state index contributed by atoms with van der Waals surface area (Å²) in [5, 5.41) is 10.2. The van der Waals surface area contributed by atoms with Gasteiger partial charge in [-0.2, -0.15) is 5.10 Å². The first kappa shape index (κ1) is 18.9. The van der Waals surface area contributed by atoms with Crippen molar-refractivity contribution in [2.75, 3.05) is 33.3 Å². The summed E-state index contributed by atoms with van der Waals surface area (Å²) < 4.78 is 7.03. The number of carbonyl (C=O) groups excluding carboxylic acids is 2. The number of aromatic nitrogens is 2. The second-order valence-corrected chi connectivity index (χ2v) is 6.64. The van der Waals surface area contributed by atoms with Crippen molar-refractivity contribution in [3.8, 4) is 11.4 Å². The maximum atomic E-state index is 12.3. The van der Waals surface area contributed by atoms with Crippen LogP contribution < -0.4 is 15.4 Å². The van der Waals surface area contributed by atoms with Crippen LogP contribution in [0.15, 0.2) is 30.5 Å². The molecule has 0 radical (unpaired) electrons. The first-order chi connectivity index (χ1) is 13.0. The molecule has 2 N–H and O–H groups in total. The highest BCUT2D eigenvalue weighted by Crippen LogP contribution is 2.21. The molecule has 0 spiro atoms. The van der Waals surface area contributed by atoms with Gasteiger partial charge in [-0.1, -0.05) is 0 Å². The lowest BCUT2D eigenvalue weighted by molar-refractivity contribution is -0.127. The Morgan fingerprint density at radius 2 is 2.11 bits per heavy atom. The van der Waals surface area contributed by atoms with Gasteiger partial charge in [0.2, 0.25) is 11.8 Å². The second-order valence-electron chi connectivity index (χ2n) is 6.64. The molecule has 2 heterocycles. The molecule has 1 aliphatic heterocycles. The average Bonchev–Trinajstić information content (AvgIpc) is 3.03. The minimum absolute atomic E-state index is 0.0429. The molecule has 1 fully saturated rings. The van der Waals surface area contributed by atoms with Crippen molar-refractivity contribution in [2.24, 2.45) is 0 Å². The molecule has 0 bridgehead atoms. The Morgan fingerprint density at radius 1 is 1.37 bits per heavy atom. The molecule has 1 aliphatic rings. The zero-order valence-electron chi connectivity index (χ0n) is 15.9. The van der Waals surface area contributed by atoms with Crippen LogP contribution in [0, 0.1) is 6.92 Å². The van der Waals surface area contributed by atoms with Crippen molar-refractivity contribution in [2.45, 2.75) is 19.9 Å². The number of hydrogen-bond acceptors (Lipinski definition) is 5. The third-order valence-corrected chi connectivity index (χ3v) is 4.69. The van der Waals surface area contributed by atoms with Crippen molar-refractivity contribution >= 4 is 11.8 Å². The Bertz CT molecular complexity index is 815. The quantitative estimate of drug-likeness (QED) is 0.784. The predicted molar refractivity (Wildman–Crippen MR) is 101 cm³/mol. The van der Waals surface area contributed by atoms with Gasteiger partial charge in [0.25, 0.3) is 0 Å². The van der Waals surface area contributed by atoms with Gasteiger partial charge < -0.3 is 15.4 Å². The molecule has 2 aromatic rings. The van der Waals surface area contributed by atoms with Gasteiger partial charge in [-0.15, -0.1) is 0 Å². The number of benzene rings is 1. The van der Waals surface area contributed by atoms with Gasteiger partial charge in [0.05, 0.1) is 38.1 Å². The van der Waals surface area contributed by atoms with Crippen LogP contribution >= 0.6 is 0 Å². The van der Waals surface area contributed by atoms with E-state index >= 15 is 0 Å². The van der Waals surface area contributed by atoms with E-state index in [9.17, 15) is 9.59 Å². The minimum atomic E-state index is -0.178. The number of nitrogens with zero attached hydrogens (tertiary/aromatic N) is 3. The van der Waals surface area contributed by atoms with E-state index in [2.05, 4.69) is 15.7 Å². The van der Waals surface area contributed by atoms with Crippen LogP contribution in [0.2, 0.25) is 0 Å². The first-order valence-electron chi connectivity index (χ1n) is 8.95. The molecule has 27 heavy (non-hydrogen) atoms. The Balaban J connectivity index is 1.64. The number of carbonyl (C=O) groups is 2. The van der Waals surface area contributed by atoms with E-state index in [0.717, 1.165) is 22.7 Å². The van der Waals surface area contributed by atoms with Crippen molar-refractivity contribution in [1.29, 1.82) is 0 Å². The van der Waals surface area contributed by atoms with E-state index in [1.54, 1.807) is 13.3 Å². The van der Waals surface area contributed by atoms with Gasteiger partial charge in [-0.25, -0.2) is 4.68 Å². The molecule has 8 heteroatoms. The molecule has 8 nitrogen and oxygen atoms in total. The van der Waals surface area contributed by atoms with Crippen molar-refractivity contribution in [3.63, 3.8) is 0 Å². The van der Waals surface area contributed by atoms with Crippen LogP contribution in [0.1, 0.15) is 24.2 Å². The van der Waals surface area contributed by atoms with Crippen molar-refractivity contribution < 1.29 is 14.3 Å². The smallest absolute Gasteiger partial charge is 0.234 e. The summed E-state index contributed by atoms with van der Waals surface area (Å²) in [5.74, 6) is 0.642. The van der Waals surface area contributed by atoms with Gasteiger partial charge >= 0.3 is 0 Å². The van der Waals surface area contributed by atoms with E-state index in [1.165, 1.54) is 0 Å². The number of piperazine rings is 1. The summed E-state index contributed by atoms with van der Waals surface area (Å²) in [6.45, 7) is 5.64. The van der Waals surface area contributed by atoms with Gasteiger partial charge in [0.1, 0.15) is 5.75 Å². The van der Waals surface area contributed by atoms with Gasteiger partial charge in [-0.05, 0) is 38.1 Å². The maximum absolute atomic E-state index is 12.3. The number of ether oxygens (including phenoxy) is 1. The first-order valence-corrected chi connectivity index (χ1v) is 8.95. The molecule has 2 amide bonds. The fourth-order valence-corrected chi connectivity index (χ4v) is 3.23. The number of rotatable bonds is 6. The summed E-state index contributed by atoms with van der Waals surface area (Å²) >= 11 is 0. The Labute approximate surface area is 158 Å². The Hall–Kier alpha value is -2.87. The minimum Gasteiger partial charge on any atom is -0.497 e. The molecule has 144 valence electrons. The van der Waals surface area contributed by atoms with Gasteiger partial charge in [-0.3, -0.25) is 14.5 Å². The van der Waals surface area contributed by atoms with E-state index in [4.69, 9.17) is 4.74 Å². The van der Waals surface area contributed by atoms with Crippen molar-refractivity contribution in [1.82, 2.24) is 25.3 Å². The van der Waals surface area contributed by atoms with Crippen LogP contribution in [0.25, 0.3) is 5.69 Å². The Kier molecular flexibility index (Phi) is 5.75. The molecule has 0 aliphatic carbocycles. The average molecular weight is 371 g/mol. The zero-order valence-corrected chi connectivity index (χ0v) is 15.9. The summed E-state index contributed by atoms with van der Waals surface area (Å²) in [6.07, 6.45) is 1.78. The molecule has 1 unspecified atom stereocenters. The number of hydrogen-bond donors (Lipinski definition) is 2. The predicted octanol–water partition coefficient (Wildman–Crippen LogP) is 0.798. The van der Waals surface area contributed by atoms with Crippen LogP contribution in [-0.2, 0) is 9.59 Å². The lowest BCUT2D eigenvalue weighted by Gasteiger charge is -2.26. The summed E-state index contributed by atoms with van der Waals surface area (Å²) in [4.78, 5) is 25.6. The molecule has 1 aromatic heterocycles.